The molecule has 0 radical (unpaired) electrons. The van der Waals surface area contributed by atoms with Gasteiger partial charge in [-0.25, -0.2) is 0 Å². The highest BCUT2D eigenvalue weighted by Gasteiger charge is 2.22. The minimum absolute atomic E-state index is 0.374. The third-order valence-electron chi connectivity index (χ3n) is 2.19. The Hall–Kier alpha value is -2.15. The van der Waals surface area contributed by atoms with Gasteiger partial charge in [0.15, 0.2) is 5.78 Å². The molecule has 1 unspecified atom stereocenters. The van der Waals surface area contributed by atoms with Gasteiger partial charge in [0, 0.05) is 5.56 Å². The van der Waals surface area contributed by atoms with Crippen molar-refractivity contribution in [3.8, 4) is 6.07 Å². The Kier molecular flexibility index (Phi) is 3.78. The molecule has 0 amide bonds. The minimum Gasteiger partial charge on any atom is -0.481 e. The number of hydrogen-bond acceptors (Lipinski definition) is 3. The van der Waals surface area contributed by atoms with Gasteiger partial charge in [-0.3, -0.25) is 9.59 Å². The average Bonchev–Trinajstić information content (AvgIpc) is 2.25. The van der Waals surface area contributed by atoms with Crippen molar-refractivity contribution in [3.63, 3.8) is 0 Å². The first kappa shape index (κ1) is 11.9. The molecule has 4 heteroatoms. The highest BCUT2D eigenvalue weighted by Crippen LogP contribution is 2.13. The summed E-state index contributed by atoms with van der Waals surface area (Å²) in [6.07, 6.45) is -0.455. The maximum atomic E-state index is 11.7. The van der Waals surface area contributed by atoms with Crippen molar-refractivity contribution in [2.75, 3.05) is 0 Å². The maximum Gasteiger partial charge on any atom is 0.305 e. The molecule has 0 aliphatic carbocycles. The highest BCUT2D eigenvalue weighted by molar-refractivity contribution is 6.00. The lowest BCUT2D eigenvalue weighted by Gasteiger charge is -2.05. The van der Waals surface area contributed by atoms with Crippen molar-refractivity contribution < 1.29 is 14.7 Å². The second-order valence-corrected chi connectivity index (χ2v) is 3.51. The highest BCUT2D eigenvalue weighted by atomic mass is 16.4. The molecule has 1 N–H and O–H groups in total. The normalized spacial score (nSPS) is 11.5. The molecule has 0 saturated heterocycles. The Bertz CT molecular complexity index is 442. The van der Waals surface area contributed by atoms with Gasteiger partial charge in [0.1, 0.15) is 5.92 Å². The first-order valence-corrected chi connectivity index (χ1v) is 4.77. The van der Waals surface area contributed by atoms with E-state index in [1.807, 2.05) is 6.92 Å². The molecule has 0 bridgehead atoms. The number of aliphatic carboxylic acids is 1. The van der Waals surface area contributed by atoms with Gasteiger partial charge in [0.2, 0.25) is 0 Å². The van der Waals surface area contributed by atoms with Crippen molar-refractivity contribution in [1.82, 2.24) is 0 Å². The quantitative estimate of drug-likeness (QED) is 0.780. The lowest BCUT2D eigenvalue weighted by molar-refractivity contribution is -0.137. The van der Waals surface area contributed by atoms with Crippen LogP contribution in [0.2, 0.25) is 0 Å². The number of carboxylic acid groups (broad SMARTS) is 1. The zero-order chi connectivity index (χ0) is 12.1. The molecule has 0 saturated carbocycles. The van der Waals surface area contributed by atoms with Gasteiger partial charge >= 0.3 is 5.97 Å². The van der Waals surface area contributed by atoms with Crippen LogP contribution >= 0.6 is 0 Å². The summed E-state index contributed by atoms with van der Waals surface area (Å²) in [5.74, 6) is -2.70. The molecular weight excluding hydrogens is 206 g/mol. The number of benzene rings is 1. The predicted octanol–water partition coefficient (Wildman–Crippen LogP) is 1.79. The van der Waals surface area contributed by atoms with Crippen LogP contribution in [-0.4, -0.2) is 16.9 Å². The number of rotatable bonds is 4. The number of carbonyl (C=O) groups excluding carboxylic acids is 1. The number of nitriles is 1. The number of carbonyl (C=O) groups is 2. The van der Waals surface area contributed by atoms with E-state index in [9.17, 15) is 9.59 Å². The fourth-order valence-corrected chi connectivity index (χ4v) is 1.29. The number of carboxylic acids is 1. The van der Waals surface area contributed by atoms with Crippen molar-refractivity contribution >= 4 is 11.8 Å². The number of Topliss-reactive ketones (excluding diaryl/α,β-unsaturated/α-hetero) is 1. The zero-order valence-corrected chi connectivity index (χ0v) is 8.80. The van der Waals surface area contributed by atoms with E-state index in [4.69, 9.17) is 10.4 Å². The van der Waals surface area contributed by atoms with Crippen LogP contribution in [0.1, 0.15) is 22.3 Å². The third-order valence-corrected chi connectivity index (χ3v) is 2.19. The third kappa shape index (κ3) is 2.92. The molecule has 0 fully saturated rings. The van der Waals surface area contributed by atoms with Crippen LogP contribution in [-0.2, 0) is 4.79 Å². The van der Waals surface area contributed by atoms with E-state index in [0.29, 0.717) is 5.56 Å². The second kappa shape index (κ2) is 5.08. The van der Waals surface area contributed by atoms with Crippen LogP contribution in [0.3, 0.4) is 0 Å². The van der Waals surface area contributed by atoms with Gasteiger partial charge in [0.25, 0.3) is 0 Å². The van der Waals surface area contributed by atoms with E-state index in [2.05, 4.69) is 0 Å². The summed E-state index contributed by atoms with van der Waals surface area (Å²) >= 11 is 0. The molecule has 0 aromatic heterocycles. The van der Waals surface area contributed by atoms with Gasteiger partial charge in [-0.2, -0.15) is 5.26 Å². The summed E-state index contributed by atoms with van der Waals surface area (Å²) in [6, 6.07) is 8.42. The van der Waals surface area contributed by atoms with Crippen LogP contribution < -0.4 is 0 Å². The van der Waals surface area contributed by atoms with Gasteiger partial charge in [-0.15, -0.1) is 0 Å². The molecule has 82 valence electrons. The SMILES string of the molecule is Cc1ccc(C(=O)C(C#N)CC(=O)O)cc1. The Balaban J connectivity index is 2.88. The molecule has 0 heterocycles. The lowest BCUT2D eigenvalue weighted by atomic mass is 9.95. The molecule has 1 aromatic rings. The van der Waals surface area contributed by atoms with Crippen LogP contribution in [0.5, 0.6) is 0 Å². The second-order valence-electron chi connectivity index (χ2n) is 3.51. The van der Waals surface area contributed by atoms with Gasteiger partial charge in [0.05, 0.1) is 12.5 Å². The summed E-state index contributed by atoms with van der Waals surface area (Å²) in [6.45, 7) is 1.88. The summed E-state index contributed by atoms with van der Waals surface area (Å²) in [4.78, 5) is 22.2. The number of nitrogens with zero attached hydrogens (tertiary/aromatic N) is 1. The molecule has 1 aromatic carbocycles. The van der Waals surface area contributed by atoms with E-state index in [1.165, 1.54) is 0 Å². The Morgan fingerprint density at radius 2 is 1.94 bits per heavy atom. The number of hydrogen-bond donors (Lipinski definition) is 1. The summed E-state index contributed by atoms with van der Waals surface area (Å²) < 4.78 is 0. The maximum absolute atomic E-state index is 11.7. The Morgan fingerprint density at radius 3 is 2.38 bits per heavy atom. The Morgan fingerprint density at radius 1 is 1.38 bits per heavy atom. The molecule has 16 heavy (non-hydrogen) atoms. The van der Waals surface area contributed by atoms with E-state index in [-0.39, 0.29) is 0 Å². The smallest absolute Gasteiger partial charge is 0.305 e. The summed E-state index contributed by atoms with van der Waals surface area (Å²) in [5.41, 5.74) is 1.38. The first-order valence-electron chi connectivity index (χ1n) is 4.77. The average molecular weight is 217 g/mol. The lowest BCUT2D eigenvalue weighted by Crippen LogP contribution is -2.16. The largest absolute Gasteiger partial charge is 0.481 e. The molecule has 0 spiro atoms. The first-order chi connectivity index (χ1) is 7.54. The molecular formula is C12H11NO3. The fourth-order valence-electron chi connectivity index (χ4n) is 1.29. The van der Waals surface area contributed by atoms with Crippen LogP contribution in [0.15, 0.2) is 24.3 Å². The molecule has 1 rings (SSSR count). The van der Waals surface area contributed by atoms with Crippen LogP contribution in [0, 0.1) is 24.2 Å². The topological polar surface area (TPSA) is 78.2 Å². The monoisotopic (exact) mass is 217 g/mol. The van der Waals surface area contributed by atoms with Crippen LogP contribution in [0.4, 0.5) is 0 Å². The van der Waals surface area contributed by atoms with E-state index >= 15 is 0 Å². The van der Waals surface area contributed by atoms with Crippen molar-refractivity contribution in [2.45, 2.75) is 13.3 Å². The van der Waals surface area contributed by atoms with Gasteiger partial charge in [-0.05, 0) is 6.92 Å². The molecule has 4 nitrogen and oxygen atoms in total. The number of aryl methyl sites for hydroxylation is 1. The number of ketones is 1. The van der Waals surface area contributed by atoms with Gasteiger partial charge < -0.3 is 5.11 Å². The van der Waals surface area contributed by atoms with Crippen molar-refractivity contribution in [1.29, 1.82) is 5.26 Å². The minimum atomic E-state index is -1.15. The zero-order valence-electron chi connectivity index (χ0n) is 8.80. The fraction of sp³-hybridized carbons (Fsp3) is 0.250. The van der Waals surface area contributed by atoms with E-state index in [0.717, 1.165) is 5.56 Å². The van der Waals surface area contributed by atoms with Gasteiger partial charge in [-0.1, -0.05) is 29.8 Å². The standard InChI is InChI=1S/C12H11NO3/c1-8-2-4-9(5-3-8)12(16)10(7-13)6-11(14)15/h2-5,10H,6H2,1H3,(H,14,15). The Labute approximate surface area is 93.1 Å². The predicted molar refractivity (Wildman–Crippen MR) is 56.9 cm³/mol. The van der Waals surface area contributed by atoms with Crippen molar-refractivity contribution in [3.05, 3.63) is 35.4 Å². The van der Waals surface area contributed by atoms with E-state index in [1.54, 1.807) is 30.3 Å². The summed E-state index contributed by atoms with van der Waals surface area (Å²) in [5, 5.41) is 17.3. The van der Waals surface area contributed by atoms with Crippen molar-refractivity contribution in [2.24, 2.45) is 5.92 Å². The van der Waals surface area contributed by atoms with Crippen LogP contribution in [0.25, 0.3) is 0 Å². The molecule has 1 atom stereocenters. The molecule has 0 aliphatic heterocycles. The summed E-state index contributed by atoms with van der Waals surface area (Å²) in [7, 11) is 0. The molecule has 0 aliphatic rings. The van der Waals surface area contributed by atoms with E-state index < -0.39 is 24.1 Å².